The van der Waals surface area contributed by atoms with E-state index in [-0.39, 0.29) is 0 Å². The molecule has 2 N–H and O–H groups in total. The van der Waals surface area contributed by atoms with Gasteiger partial charge in [-0.15, -0.1) is 0 Å². The molecular formula is C10H10O10S3. The smallest absolute Gasteiger partial charge is 0.263 e. The molecular weight excluding hydrogens is 376 g/mol. The Bertz CT molecular complexity index is 871. The lowest BCUT2D eigenvalue weighted by molar-refractivity contribution is 0.328. The highest BCUT2D eigenvalue weighted by Gasteiger charge is 2.27. The van der Waals surface area contributed by atoms with Gasteiger partial charge >= 0.3 is 31.2 Å². The third-order valence-corrected chi connectivity index (χ3v) is 4.71. The van der Waals surface area contributed by atoms with Crippen molar-refractivity contribution < 1.29 is 41.6 Å². The maximum atomic E-state index is 10.1. The van der Waals surface area contributed by atoms with E-state index in [1.165, 1.54) is 10.8 Å². The van der Waals surface area contributed by atoms with E-state index in [2.05, 4.69) is 55.8 Å². The van der Waals surface area contributed by atoms with E-state index in [1.54, 1.807) is 0 Å². The molecule has 0 spiro atoms. The first kappa shape index (κ1) is 19.4. The SMILES string of the molecule is O=S(=O)(O)OS(=O)(=O)OS(=O)(=O)O.c1ccc2ccccc2c1. The molecule has 0 amide bonds. The molecule has 10 nitrogen and oxygen atoms in total. The Morgan fingerprint density at radius 3 is 1.09 bits per heavy atom. The summed E-state index contributed by atoms with van der Waals surface area (Å²) in [6.07, 6.45) is 0. The van der Waals surface area contributed by atoms with Gasteiger partial charge in [0.2, 0.25) is 0 Å². The highest BCUT2D eigenvalue weighted by Crippen LogP contribution is 2.11. The Morgan fingerprint density at radius 1 is 0.609 bits per heavy atom. The maximum Gasteiger partial charge on any atom is 0.432 e. The Hall–Kier alpha value is -1.61. The van der Waals surface area contributed by atoms with Gasteiger partial charge in [-0.1, -0.05) is 55.8 Å². The number of rotatable bonds is 4. The van der Waals surface area contributed by atoms with Gasteiger partial charge in [-0.25, -0.2) is 0 Å². The second-order valence-electron chi connectivity index (χ2n) is 3.75. The average molecular weight is 386 g/mol. The van der Waals surface area contributed by atoms with Gasteiger partial charge in [-0.2, -0.15) is 25.3 Å². The van der Waals surface area contributed by atoms with E-state index in [4.69, 9.17) is 9.11 Å². The number of hydrogen-bond donors (Lipinski definition) is 2. The van der Waals surface area contributed by atoms with Crippen molar-refractivity contribution in [2.45, 2.75) is 0 Å². The first-order valence-corrected chi connectivity index (χ1v) is 9.50. The molecule has 0 fully saturated rings. The Morgan fingerprint density at radius 2 is 0.870 bits per heavy atom. The highest BCUT2D eigenvalue weighted by molar-refractivity contribution is 8.00. The molecule has 2 aromatic carbocycles. The van der Waals surface area contributed by atoms with Crippen LogP contribution in [0.5, 0.6) is 0 Å². The normalized spacial score (nSPS) is 12.4. The van der Waals surface area contributed by atoms with Gasteiger partial charge in [0.15, 0.2) is 0 Å². The zero-order valence-corrected chi connectivity index (χ0v) is 13.5. The molecule has 0 saturated carbocycles. The molecule has 2 rings (SSSR count). The predicted octanol–water partition coefficient (Wildman–Crippen LogP) is 0.710. The third-order valence-electron chi connectivity index (χ3n) is 2.00. The van der Waals surface area contributed by atoms with Gasteiger partial charge in [-0.3, -0.25) is 9.11 Å². The summed E-state index contributed by atoms with van der Waals surface area (Å²) in [5, 5.41) is 2.62. The summed E-state index contributed by atoms with van der Waals surface area (Å²) in [6, 6.07) is 16.7. The first-order chi connectivity index (χ1) is 10.4. The van der Waals surface area contributed by atoms with Crippen LogP contribution in [0.2, 0.25) is 0 Å². The van der Waals surface area contributed by atoms with Crippen molar-refractivity contribution in [3.63, 3.8) is 0 Å². The Balaban J connectivity index is 0.000000235. The Labute approximate surface area is 132 Å². The standard InChI is InChI=1S/C10H8.H2O10S3/c1-2-6-10-8-4-3-7-9(10)5-1;1-11(2,3)9-13(7,8)10-12(4,5)6/h1-8H;(H,1,2,3)(H,4,5,6). The van der Waals surface area contributed by atoms with Crippen LogP contribution in [0, 0.1) is 0 Å². The van der Waals surface area contributed by atoms with Gasteiger partial charge in [0, 0.05) is 0 Å². The van der Waals surface area contributed by atoms with E-state index < -0.39 is 31.2 Å². The predicted molar refractivity (Wildman–Crippen MR) is 78.1 cm³/mol. The zero-order valence-electron chi connectivity index (χ0n) is 11.0. The van der Waals surface area contributed by atoms with Gasteiger partial charge in [0.25, 0.3) is 0 Å². The second kappa shape index (κ2) is 7.31. The monoisotopic (exact) mass is 386 g/mol. The van der Waals surface area contributed by atoms with E-state index >= 15 is 0 Å². The zero-order chi connectivity index (χ0) is 17.7. The summed E-state index contributed by atoms with van der Waals surface area (Å²) in [5.41, 5.74) is 0. The summed E-state index contributed by atoms with van der Waals surface area (Å²) in [5.74, 6) is 0. The fourth-order valence-electron chi connectivity index (χ4n) is 1.35. The molecule has 0 aliphatic heterocycles. The van der Waals surface area contributed by atoms with Crippen LogP contribution in [0.1, 0.15) is 0 Å². The molecule has 0 bridgehead atoms. The van der Waals surface area contributed by atoms with E-state index in [1.807, 2.05) is 0 Å². The molecule has 0 saturated heterocycles. The lowest BCUT2D eigenvalue weighted by atomic mass is 10.1. The van der Waals surface area contributed by atoms with Crippen molar-refractivity contribution in [2.24, 2.45) is 0 Å². The molecule has 13 heteroatoms. The molecule has 0 aliphatic carbocycles. The minimum Gasteiger partial charge on any atom is -0.263 e. The van der Waals surface area contributed by atoms with E-state index in [0.717, 1.165) is 0 Å². The van der Waals surface area contributed by atoms with Crippen molar-refractivity contribution >= 4 is 42.0 Å². The quantitative estimate of drug-likeness (QED) is 0.716. The number of hydrogen-bond acceptors (Lipinski definition) is 8. The van der Waals surface area contributed by atoms with Gasteiger partial charge in [0.05, 0.1) is 0 Å². The fraction of sp³-hybridized carbons (Fsp3) is 0. The minimum absolute atomic E-state index is 1.31. The maximum absolute atomic E-state index is 10.1. The van der Waals surface area contributed by atoms with Crippen LogP contribution < -0.4 is 0 Å². The first-order valence-electron chi connectivity index (χ1n) is 5.44. The topological polar surface area (TPSA) is 161 Å². The van der Waals surface area contributed by atoms with Crippen LogP contribution in [0.25, 0.3) is 10.8 Å². The lowest BCUT2D eigenvalue weighted by Crippen LogP contribution is -2.18. The number of benzene rings is 2. The largest absolute Gasteiger partial charge is 0.432 e. The lowest BCUT2D eigenvalue weighted by Gasteiger charge is -1.97. The summed E-state index contributed by atoms with van der Waals surface area (Å²) in [7, 11) is -16.5. The summed E-state index contributed by atoms with van der Waals surface area (Å²) in [6.45, 7) is 0. The molecule has 0 unspecified atom stereocenters. The molecule has 128 valence electrons. The van der Waals surface area contributed by atoms with Crippen LogP contribution in [0.3, 0.4) is 0 Å². The van der Waals surface area contributed by atoms with Gasteiger partial charge in [0.1, 0.15) is 0 Å². The van der Waals surface area contributed by atoms with E-state index in [9.17, 15) is 25.3 Å². The molecule has 0 atom stereocenters. The summed E-state index contributed by atoms with van der Waals surface area (Å²) >= 11 is 0. The second-order valence-corrected chi connectivity index (χ2v) is 7.36. The van der Waals surface area contributed by atoms with Crippen LogP contribution >= 0.6 is 0 Å². The molecule has 0 radical (unpaired) electrons. The summed E-state index contributed by atoms with van der Waals surface area (Å²) < 4.78 is 80.2. The molecule has 2 aromatic rings. The Kier molecular flexibility index (Phi) is 6.18. The molecule has 0 aromatic heterocycles. The van der Waals surface area contributed by atoms with Crippen molar-refractivity contribution in [3.05, 3.63) is 48.5 Å². The minimum atomic E-state index is -5.57. The van der Waals surface area contributed by atoms with E-state index in [0.29, 0.717) is 0 Å². The molecule has 0 aliphatic rings. The van der Waals surface area contributed by atoms with Crippen molar-refractivity contribution in [2.75, 3.05) is 0 Å². The van der Waals surface area contributed by atoms with Gasteiger partial charge in [-0.05, 0) is 10.8 Å². The number of fused-ring (bicyclic) bond motifs is 1. The van der Waals surface area contributed by atoms with Crippen molar-refractivity contribution in [3.8, 4) is 0 Å². The van der Waals surface area contributed by atoms with Crippen molar-refractivity contribution in [1.82, 2.24) is 0 Å². The molecule has 23 heavy (non-hydrogen) atoms. The van der Waals surface area contributed by atoms with Gasteiger partial charge < -0.3 is 0 Å². The average Bonchev–Trinajstić information content (AvgIpc) is 2.33. The highest BCUT2D eigenvalue weighted by atomic mass is 32.3. The van der Waals surface area contributed by atoms with Crippen LogP contribution in [0.15, 0.2) is 48.5 Å². The van der Waals surface area contributed by atoms with Crippen LogP contribution in [-0.4, -0.2) is 34.4 Å². The van der Waals surface area contributed by atoms with Crippen LogP contribution in [-0.2, 0) is 38.5 Å². The van der Waals surface area contributed by atoms with Crippen LogP contribution in [0.4, 0.5) is 0 Å². The molecule has 0 heterocycles. The fourth-order valence-corrected chi connectivity index (χ4v) is 3.33. The third kappa shape index (κ3) is 8.56. The summed E-state index contributed by atoms with van der Waals surface area (Å²) in [4.78, 5) is 0. The van der Waals surface area contributed by atoms with Crippen molar-refractivity contribution in [1.29, 1.82) is 0 Å².